The lowest BCUT2D eigenvalue weighted by molar-refractivity contribution is -0.173. The molecule has 0 atom stereocenters. The second kappa shape index (κ2) is 12.9. The van der Waals surface area contributed by atoms with Gasteiger partial charge in [0.25, 0.3) is 0 Å². The highest BCUT2D eigenvalue weighted by molar-refractivity contribution is 5.95. The summed E-state index contributed by atoms with van der Waals surface area (Å²) in [7, 11) is 0. The molecule has 2 heterocycles. The number of halogens is 1. The van der Waals surface area contributed by atoms with Crippen molar-refractivity contribution in [3.05, 3.63) is 29.8 Å². The zero-order chi connectivity index (χ0) is 25.6. The van der Waals surface area contributed by atoms with E-state index >= 15 is 0 Å². The van der Waals surface area contributed by atoms with Crippen molar-refractivity contribution in [1.82, 2.24) is 4.90 Å². The van der Waals surface area contributed by atoms with E-state index in [4.69, 9.17) is 20.6 Å². The van der Waals surface area contributed by atoms with Crippen LogP contribution in [-0.2, 0) is 23.9 Å². The first-order valence-electron chi connectivity index (χ1n) is 12.4. The Hall–Kier alpha value is -2.81. The maximum atomic E-state index is 13.1. The Labute approximate surface area is 219 Å². The van der Waals surface area contributed by atoms with Crippen LogP contribution in [-0.4, -0.2) is 61.6 Å². The summed E-state index contributed by atoms with van der Waals surface area (Å²) in [5.41, 5.74) is 6.69. The van der Waals surface area contributed by atoms with Gasteiger partial charge in [-0.25, -0.2) is 0 Å². The standard InChI is InChI=1S/C26H38N4O5.ClH/c1-26(2,3)25(33)35-17-34-22(31)16-18-8-12-30(13-9-18)24(32)20-10-14-29(15-11-20)21-6-4-19(5-7-21)23(27)28;/h4-7,18,20H,8-17H2,1-3H3,(H3,27,28);1H. The summed E-state index contributed by atoms with van der Waals surface area (Å²) in [5, 5.41) is 7.51. The van der Waals surface area contributed by atoms with Crippen molar-refractivity contribution in [2.75, 3.05) is 37.9 Å². The lowest BCUT2D eigenvalue weighted by Crippen LogP contribution is -2.45. The number of hydrogen-bond acceptors (Lipinski definition) is 7. The molecule has 36 heavy (non-hydrogen) atoms. The molecule has 2 saturated heterocycles. The highest BCUT2D eigenvalue weighted by Gasteiger charge is 2.32. The molecule has 200 valence electrons. The van der Waals surface area contributed by atoms with Crippen LogP contribution in [0.25, 0.3) is 0 Å². The van der Waals surface area contributed by atoms with E-state index in [0.717, 1.165) is 44.5 Å². The number of likely N-dealkylation sites (tertiary alicyclic amines) is 1. The second-order valence-corrected chi connectivity index (χ2v) is 10.5. The minimum atomic E-state index is -0.635. The van der Waals surface area contributed by atoms with Gasteiger partial charge >= 0.3 is 11.9 Å². The molecular formula is C26H39ClN4O5. The van der Waals surface area contributed by atoms with E-state index in [0.29, 0.717) is 18.7 Å². The largest absolute Gasteiger partial charge is 0.428 e. The van der Waals surface area contributed by atoms with Crippen LogP contribution < -0.4 is 10.6 Å². The molecule has 3 rings (SSSR count). The number of anilines is 1. The lowest BCUT2D eigenvalue weighted by atomic mass is 9.90. The van der Waals surface area contributed by atoms with Gasteiger partial charge in [-0.3, -0.25) is 19.8 Å². The van der Waals surface area contributed by atoms with E-state index < -0.39 is 11.4 Å². The Balaban J connectivity index is 0.00000456. The number of hydrogen-bond donors (Lipinski definition) is 2. The quantitative estimate of drug-likeness (QED) is 0.243. The average Bonchev–Trinajstić information content (AvgIpc) is 2.83. The van der Waals surface area contributed by atoms with Crippen molar-refractivity contribution in [3.8, 4) is 0 Å². The fourth-order valence-corrected chi connectivity index (χ4v) is 4.51. The summed E-state index contributed by atoms with van der Waals surface area (Å²) in [6, 6.07) is 7.66. The van der Waals surface area contributed by atoms with Crippen LogP contribution in [0, 0.1) is 22.7 Å². The van der Waals surface area contributed by atoms with Gasteiger partial charge in [0, 0.05) is 49.8 Å². The number of nitrogen functional groups attached to an aromatic ring is 1. The van der Waals surface area contributed by atoms with Crippen LogP contribution in [0.3, 0.4) is 0 Å². The molecule has 2 aliphatic rings. The average molecular weight is 523 g/mol. The van der Waals surface area contributed by atoms with Gasteiger partial charge < -0.3 is 25.0 Å². The predicted molar refractivity (Wildman–Crippen MR) is 140 cm³/mol. The first kappa shape index (κ1) is 29.4. The van der Waals surface area contributed by atoms with Gasteiger partial charge in [-0.15, -0.1) is 12.4 Å². The molecule has 0 aromatic heterocycles. The van der Waals surface area contributed by atoms with Crippen LogP contribution in [0.1, 0.15) is 58.4 Å². The van der Waals surface area contributed by atoms with Crippen LogP contribution in [0.4, 0.5) is 5.69 Å². The van der Waals surface area contributed by atoms with Gasteiger partial charge in [0.2, 0.25) is 12.7 Å². The third-order valence-electron chi connectivity index (χ3n) is 6.79. The molecule has 2 aliphatic heterocycles. The minimum absolute atomic E-state index is 0. The highest BCUT2D eigenvalue weighted by atomic mass is 35.5. The number of piperidine rings is 2. The van der Waals surface area contributed by atoms with Crippen LogP contribution in [0.5, 0.6) is 0 Å². The number of esters is 2. The van der Waals surface area contributed by atoms with Crippen molar-refractivity contribution in [1.29, 1.82) is 5.41 Å². The smallest absolute Gasteiger partial charge is 0.314 e. The normalized spacial score (nSPS) is 17.2. The maximum Gasteiger partial charge on any atom is 0.314 e. The van der Waals surface area contributed by atoms with E-state index in [2.05, 4.69) is 4.90 Å². The summed E-state index contributed by atoms with van der Waals surface area (Å²) in [5.74, 6) is -0.310. The molecule has 2 fully saturated rings. The number of ether oxygens (including phenoxy) is 2. The molecule has 1 aromatic rings. The lowest BCUT2D eigenvalue weighted by Gasteiger charge is -2.38. The van der Waals surface area contributed by atoms with Gasteiger partial charge in [-0.1, -0.05) is 0 Å². The molecular weight excluding hydrogens is 484 g/mol. The third-order valence-corrected chi connectivity index (χ3v) is 6.79. The zero-order valence-corrected chi connectivity index (χ0v) is 22.3. The van der Waals surface area contributed by atoms with Gasteiger partial charge in [-0.05, 0) is 76.6 Å². The summed E-state index contributed by atoms with van der Waals surface area (Å²) >= 11 is 0. The molecule has 10 heteroatoms. The number of rotatable bonds is 7. The molecule has 1 amide bonds. The van der Waals surface area contributed by atoms with Gasteiger partial charge in [0.15, 0.2) is 0 Å². The number of nitrogens with zero attached hydrogens (tertiary/aromatic N) is 2. The van der Waals surface area contributed by atoms with Gasteiger partial charge in [0.05, 0.1) is 5.41 Å². The predicted octanol–water partition coefficient (Wildman–Crippen LogP) is 3.33. The SMILES string of the molecule is CC(C)(C)C(=O)OCOC(=O)CC1CCN(C(=O)C2CCN(c3ccc(C(=N)N)cc3)CC2)CC1.Cl. The van der Waals surface area contributed by atoms with E-state index in [1.54, 1.807) is 20.8 Å². The summed E-state index contributed by atoms with van der Waals surface area (Å²) in [4.78, 5) is 41.1. The van der Waals surface area contributed by atoms with Crippen LogP contribution in [0.2, 0.25) is 0 Å². The molecule has 0 saturated carbocycles. The fraction of sp³-hybridized carbons (Fsp3) is 0.615. The summed E-state index contributed by atoms with van der Waals surface area (Å²) in [6.45, 7) is 7.81. The summed E-state index contributed by atoms with van der Waals surface area (Å²) < 4.78 is 10.0. The number of nitrogens with one attached hydrogen (secondary N) is 1. The molecule has 3 N–H and O–H groups in total. The molecule has 0 aliphatic carbocycles. The maximum absolute atomic E-state index is 13.1. The van der Waals surface area contributed by atoms with E-state index in [-0.39, 0.29) is 55.2 Å². The molecule has 0 spiro atoms. The molecule has 0 bridgehead atoms. The summed E-state index contributed by atoms with van der Waals surface area (Å²) in [6.07, 6.45) is 3.43. The third kappa shape index (κ3) is 8.11. The Morgan fingerprint density at radius 3 is 2.08 bits per heavy atom. The van der Waals surface area contributed by atoms with Crippen LogP contribution in [0.15, 0.2) is 24.3 Å². The zero-order valence-electron chi connectivity index (χ0n) is 21.5. The number of nitrogens with two attached hydrogens (primary N) is 1. The van der Waals surface area contributed by atoms with E-state index in [1.165, 1.54) is 0 Å². The number of amides is 1. The van der Waals surface area contributed by atoms with Crippen molar-refractivity contribution in [2.24, 2.45) is 23.0 Å². The van der Waals surface area contributed by atoms with Gasteiger partial charge in [0.1, 0.15) is 5.84 Å². The number of amidine groups is 1. The highest BCUT2D eigenvalue weighted by Crippen LogP contribution is 2.28. The number of benzene rings is 1. The molecule has 1 aromatic carbocycles. The minimum Gasteiger partial charge on any atom is -0.428 e. The molecule has 0 radical (unpaired) electrons. The van der Waals surface area contributed by atoms with Crippen molar-refractivity contribution in [2.45, 2.75) is 52.9 Å². The van der Waals surface area contributed by atoms with Crippen molar-refractivity contribution >= 4 is 41.8 Å². The Bertz CT molecular complexity index is 915. The first-order chi connectivity index (χ1) is 16.5. The fourth-order valence-electron chi connectivity index (χ4n) is 4.51. The molecule has 9 nitrogen and oxygen atoms in total. The topological polar surface area (TPSA) is 126 Å². The van der Waals surface area contributed by atoms with E-state index in [1.807, 2.05) is 29.2 Å². The number of carbonyl (C=O) groups excluding carboxylic acids is 3. The van der Waals surface area contributed by atoms with E-state index in [9.17, 15) is 14.4 Å². The second-order valence-electron chi connectivity index (χ2n) is 10.5. The van der Waals surface area contributed by atoms with Crippen molar-refractivity contribution < 1.29 is 23.9 Å². The monoisotopic (exact) mass is 522 g/mol. The first-order valence-corrected chi connectivity index (χ1v) is 12.4. The van der Waals surface area contributed by atoms with Crippen LogP contribution >= 0.6 is 12.4 Å². The van der Waals surface area contributed by atoms with Crippen molar-refractivity contribution in [3.63, 3.8) is 0 Å². The Kier molecular flexibility index (Phi) is 10.6. The Morgan fingerprint density at radius 1 is 0.972 bits per heavy atom. The molecule has 0 unspecified atom stereocenters. The Morgan fingerprint density at radius 2 is 1.56 bits per heavy atom. The van der Waals surface area contributed by atoms with Gasteiger partial charge in [-0.2, -0.15) is 0 Å². The number of carbonyl (C=O) groups is 3.